The van der Waals surface area contributed by atoms with Crippen molar-refractivity contribution in [1.29, 1.82) is 0 Å². The van der Waals surface area contributed by atoms with Crippen molar-refractivity contribution < 1.29 is 0 Å². The molecule has 1 rings (SSSR count). The predicted octanol–water partition coefficient (Wildman–Crippen LogP) is 5.76. The molecule has 0 saturated heterocycles. The van der Waals surface area contributed by atoms with Crippen molar-refractivity contribution in [2.45, 2.75) is 64.9 Å². The zero-order valence-corrected chi connectivity index (χ0v) is 15.0. The van der Waals surface area contributed by atoms with Gasteiger partial charge in [0.15, 0.2) is 0 Å². The average Bonchev–Trinajstić information content (AvgIpc) is 2.39. The molecule has 0 atom stereocenters. The average molecular weight is 291 g/mol. The third-order valence-electron chi connectivity index (χ3n) is 4.12. The third kappa shape index (κ3) is 3.83. The fourth-order valence-electron chi connectivity index (χ4n) is 2.62. The maximum Gasteiger partial charge on any atom is 0.0253 e. The molecule has 0 fully saturated rings. The zero-order valence-electron chi connectivity index (χ0n) is 14.2. The molecule has 0 N–H and O–H groups in total. The number of rotatable bonds is 4. The van der Waals surface area contributed by atoms with Crippen LogP contribution in [0.2, 0.25) is 0 Å². The van der Waals surface area contributed by atoms with E-state index in [1.54, 1.807) is 0 Å². The van der Waals surface area contributed by atoms with Crippen LogP contribution in [0.4, 0.5) is 0 Å². The summed E-state index contributed by atoms with van der Waals surface area (Å²) in [5, 5.41) is 5.00. The minimum atomic E-state index is -0.853. The Morgan fingerprint density at radius 3 is 1.75 bits per heavy atom. The Hall–Kier alpha value is -0.870. The molecule has 112 valence electrons. The molecule has 1 aromatic carbocycles. The first kappa shape index (κ1) is 17.2. The highest BCUT2D eigenvalue weighted by Gasteiger charge is 2.27. The van der Waals surface area contributed by atoms with E-state index in [1.165, 1.54) is 11.3 Å². The molecule has 0 saturated carbocycles. The molecule has 0 aliphatic rings. The van der Waals surface area contributed by atoms with Crippen molar-refractivity contribution in [3.63, 3.8) is 0 Å². The van der Waals surface area contributed by atoms with E-state index in [-0.39, 0.29) is 0 Å². The van der Waals surface area contributed by atoms with Crippen molar-refractivity contribution in [1.82, 2.24) is 0 Å². The third-order valence-corrected chi connectivity index (χ3v) is 8.93. The van der Waals surface area contributed by atoms with Crippen LogP contribution in [0.1, 0.15) is 65.5 Å². The van der Waals surface area contributed by atoms with Crippen molar-refractivity contribution in [2.24, 2.45) is 0 Å². The van der Waals surface area contributed by atoms with E-state index in [9.17, 15) is 0 Å². The Bertz CT molecular complexity index is 461. The first-order valence-electron chi connectivity index (χ1n) is 7.75. The van der Waals surface area contributed by atoms with Crippen LogP contribution < -0.4 is 0 Å². The number of hydrogen-bond acceptors (Lipinski definition) is 0. The Morgan fingerprint density at radius 2 is 1.40 bits per heavy atom. The standard InChI is InChI=1S/C19H30S/c1-8-20(16(4)5,17(6)7)14-13-18-9-11-19(12-10-18)15(2)3/h9-12,15-17H,8H2,1-7H3. The van der Waals surface area contributed by atoms with Gasteiger partial charge in [-0.2, -0.15) is 10.0 Å². The molecule has 0 aliphatic carbocycles. The molecular weight excluding hydrogens is 260 g/mol. The van der Waals surface area contributed by atoms with E-state index in [2.05, 4.69) is 83.9 Å². The van der Waals surface area contributed by atoms with Gasteiger partial charge in [-0.15, -0.1) is 0 Å². The fourth-order valence-corrected chi connectivity index (χ4v) is 5.97. The van der Waals surface area contributed by atoms with Crippen molar-refractivity contribution in [3.8, 4) is 11.2 Å². The second-order valence-corrected chi connectivity index (χ2v) is 10.6. The highest BCUT2D eigenvalue weighted by Crippen LogP contribution is 2.55. The van der Waals surface area contributed by atoms with Crippen LogP contribution >= 0.6 is 10.0 Å². The van der Waals surface area contributed by atoms with Crippen LogP contribution in [0.25, 0.3) is 0 Å². The van der Waals surface area contributed by atoms with E-state index < -0.39 is 10.0 Å². The molecular formula is C19H30S. The second kappa shape index (κ2) is 7.23. The minimum Gasteiger partial charge on any atom is -0.172 e. The summed E-state index contributed by atoms with van der Waals surface area (Å²) < 4.78 is 0. The lowest BCUT2D eigenvalue weighted by atomic mass is 10.0. The van der Waals surface area contributed by atoms with Gasteiger partial charge in [0.1, 0.15) is 0 Å². The smallest absolute Gasteiger partial charge is 0.0253 e. The summed E-state index contributed by atoms with van der Waals surface area (Å²) >= 11 is 0. The van der Waals surface area contributed by atoms with E-state index >= 15 is 0 Å². The van der Waals surface area contributed by atoms with Gasteiger partial charge >= 0.3 is 0 Å². The van der Waals surface area contributed by atoms with Gasteiger partial charge in [-0.3, -0.25) is 0 Å². The van der Waals surface area contributed by atoms with Crippen molar-refractivity contribution >= 4 is 10.0 Å². The first-order valence-corrected chi connectivity index (χ1v) is 9.67. The van der Waals surface area contributed by atoms with Crippen LogP contribution in [-0.2, 0) is 0 Å². The lowest BCUT2D eigenvalue weighted by molar-refractivity contribution is 0.866. The van der Waals surface area contributed by atoms with Gasteiger partial charge in [-0.1, -0.05) is 66.5 Å². The summed E-state index contributed by atoms with van der Waals surface area (Å²) in [6, 6.07) is 8.76. The van der Waals surface area contributed by atoms with Crippen molar-refractivity contribution in [2.75, 3.05) is 5.75 Å². The Balaban J connectivity index is 3.06. The van der Waals surface area contributed by atoms with Gasteiger partial charge in [0, 0.05) is 5.56 Å². The molecule has 0 radical (unpaired) electrons. The summed E-state index contributed by atoms with van der Waals surface area (Å²) in [5.74, 6) is 5.23. The lowest BCUT2D eigenvalue weighted by Gasteiger charge is -2.41. The second-order valence-electron chi connectivity index (χ2n) is 6.24. The summed E-state index contributed by atoms with van der Waals surface area (Å²) in [4.78, 5) is 0. The summed E-state index contributed by atoms with van der Waals surface area (Å²) in [5.41, 5.74) is 2.54. The van der Waals surface area contributed by atoms with Gasteiger partial charge < -0.3 is 0 Å². The molecule has 0 spiro atoms. The SMILES string of the molecule is CCS(C#Cc1ccc(C(C)C)cc1)(C(C)C)C(C)C. The quantitative estimate of drug-likeness (QED) is 0.618. The van der Waals surface area contributed by atoms with Gasteiger partial charge in [0.05, 0.1) is 0 Å². The molecule has 0 unspecified atom stereocenters. The molecule has 0 amide bonds. The highest BCUT2D eigenvalue weighted by atomic mass is 32.3. The molecule has 0 aromatic heterocycles. The summed E-state index contributed by atoms with van der Waals surface area (Å²) in [6.45, 7) is 16.1. The summed E-state index contributed by atoms with van der Waals surface area (Å²) in [6.07, 6.45) is 0. The van der Waals surface area contributed by atoms with Crippen LogP contribution in [0.15, 0.2) is 24.3 Å². The van der Waals surface area contributed by atoms with Gasteiger partial charge in [-0.25, -0.2) is 0 Å². The lowest BCUT2D eigenvalue weighted by Crippen LogP contribution is -2.21. The Kier molecular flexibility index (Phi) is 6.21. The van der Waals surface area contributed by atoms with E-state index in [0.29, 0.717) is 16.4 Å². The number of benzene rings is 1. The summed E-state index contributed by atoms with van der Waals surface area (Å²) in [7, 11) is -0.853. The zero-order chi connectivity index (χ0) is 15.3. The molecule has 0 heterocycles. The molecule has 0 aliphatic heterocycles. The minimum absolute atomic E-state index is 0.587. The van der Waals surface area contributed by atoms with Crippen LogP contribution in [0, 0.1) is 11.2 Å². The highest BCUT2D eigenvalue weighted by molar-refractivity contribution is 8.38. The molecule has 1 aromatic rings. The Morgan fingerprint density at radius 1 is 0.900 bits per heavy atom. The largest absolute Gasteiger partial charge is 0.172 e. The Labute approximate surface area is 127 Å². The topological polar surface area (TPSA) is 0 Å². The van der Waals surface area contributed by atoms with Gasteiger partial charge in [0.2, 0.25) is 0 Å². The van der Waals surface area contributed by atoms with E-state index in [0.717, 1.165) is 5.56 Å². The molecule has 0 nitrogen and oxygen atoms in total. The molecule has 20 heavy (non-hydrogen) atoms. The van der Waals surface area contributed by atoms with E-state index in [4.69, 9.17) is 0 Å². The molecule has 0 bridgehead atoms. The van der Waals surface area contributed by atoms with Crippen molar-refractivity contribution in [3.05, 3.63) is 35.4 Å². The monoisotopic (exact) mass is 290 g/mol. The van der Waals surface area contributed by atoms with E-state index in [1.807, 2.05) is 0 Å². The normalized spacial score (nSPS) is 12.7. The predicted molar refractivity (Wildman–Crippen MR) is 95.8 cm³/mol. The van der Waals surface area contributed by atoms with Gasteiger partial charge in [0.25, 0.3) is 0 Å². The van der Waals surface area contributed by atoms with Gasteiger partial charge in [-0.05, 0) is 45.1 Å². The molecule has 1 heteroatoms. The first-order chi connectivity index (χ1) is 9.33. The maximum atomic E-state index is 3.68. The fraction of sp³-hybridized carbons (Fsp3) is 0.579. The van der Waals surface area contributed by atoms with Crippen LogP contribution in [0.5, 0.6) is 0 Å². The van der Waals surface area contributed by atoms with Crippen LogP contribution in [0.3, 0.4) is 0 Å². The number of hydrogen-bond donors (Lipinski definition) is 0. The van der Waals surface area contributed by atoms with Crippen LogP contribution in [-0.4, -0.2) is 16.3 Å². The maximum absolute atomic E-state index is 3.68.